The van der Waals surface area contributed by atoms with Crippen LogP contribution in [0.5, 0.6) is 0 Å². The number of aliphatic carboxylic acids is 1. The number of aromatic amines is 1. The van der Waals surface area contributed by atoms with Crippen LogP contribution in [0.2, 0.25) is 0 Å². The lowest BCUT2D eigenvalue weighted by Crippen LogP contribution is -2.03. The van der Waals surface area contributed by atoms with Crippen LogP contribution < -0.4 is 0 Å². The average molecular weight is 229 g/mol. The summed E-state index contributed by atoms with van der Waals surface area (Å²) in [7, 11) is 0. The number of rotatable bonds is 2. The van der Waals surface area contributed by atoms with Gasteiger partial charge in [0.05, 0.1) is 5.92 Å². The van der Waals surface area contributed by atoms with E-state index in [1.165, 1.54) is 0 Å². The normalized spacial score (nSPS) is 26.0. The molecular formula is C14H15NO2. The summed E-state index contributed by atoms with van der Waals surface area (Å²) in [6.45, 7) is 4.03. The van der Waals surface area contributed by atoms with Crippen molar-refractivity contribution in [1.82, 2.24) is 4.98 Å². The maximum absolute atomic E-state index is 11.2. The van der Waals surface area contributed by atoms with Crippen LogP contribution in [0.15, 0.2) is 30.3 Å². The minimum atomic E-state index is -0.696. The molecule has 0 amide bonds. The second kappa shape index (κ2) is 3.13. The first kappa shape index (κ1) is 10.4. The Balaban J connectivity index is 2.03. The zero-order valence-corrected chi connectivity index (χ0v) is 9.90. The van der Waals surface area contributed by atoms with Gasteiger partial charge in [-0.3, -0.25) is 4.79 Å². The topological polar surface area (TPSA) is 53.1 Å². The quantitative estimate of drug-likeness (QED) is 0.831. The van der Waals surface area contributed by atoms with Crippen LogP contribution in [-0.2, 0) is 4.79 Å². The Morgan fingerprint density at radius 1 is 1.35 bits per heavy atom. The monoisotopic (exact) mass is 229 g/mol. The molecule has 1 heterocycles. The molecule has 0 radical (unpaired) electrons. The van der Waals surface area contributed by atoms with E-state index in [1.807, 2.05) is 38.1 Å². The fraction of sp³-hybridized carbons (Fsp3) is 0.357. The molecule has 1 aliphatic carbocycles. The van der Waals surface area contributed by atoms with E-state index in [0.29, 0.717) is 0 Å². The summed E-state index contributed by atoms with van der Waals surface area (Å²) in [5, 5.41) is 10.3. The van der Waals surface area contributed by atoms with Crippen LogP contribution in [0, 0.1) is 11.3 Å². The first-order chi connectivity index (χ1) is 8.01. The summed E-state index contributed by atoms with van der Waals surface area (Å²) in [5.41, 5.74) is 1.98. The summed E-state index contributed by atoms with van der Waals surface area (Å²) in [6.07, 6.45) is 0. The number of benzene rings is 1. The van der Waals surface area contributed by atoms with Crippen molar-refractivity contribution < 1.29 is 9.90 Å². The molecule has 1 saturated carbocycles. The highest BCUT2D eigenvalue weighted by Crippen LogP contribution is 2.64. The number of fused-ring (bicyclic) bond motifs is 1. The van der Waals surface area contributed by atoms with E-state index in [1.54, 1.807) is 0 Å². The third-order valence-electron chi connectivity index (χ3n) is 3.98. The number of carboxylic acid groups (broad SMARTS) is 1. The average Bonchev–Trinajstić information content (AvgIpc) is 2.68. The zero-order chi connectivity index (χ0) is 12.2. The summed E-state index contributed by atoms with van der Waals surface area (Å²) >= 11 is 0. The van der Waals surface area contributed by atoms with Crippen LogP contribution in [0.4, 0.5) is 0 Å². The molecule has 0 saturated heterocycles. The first-order valence-electron chi connectivity index (χ1n) is 5.82. The molecule has 3 nitrogen and oxygen atoms in total. The molecule has 3 heteroatoms. The summed E-state index contributed by atoms with van der Waals surface area (Å²) in [6, 6.07) is 10.1. The van der Waals surface area contributed by atoms with Gasteiger partial charge in [-0.2, -0.15) is 0 Å². The Hall–Kier alpha value is -1.77. The number of H-pyrrole nitrogens is 1. The van der Waals surface area contributed by atoms with E-state index in [2.05, 4.69) is 11.1 Å². The van der Waals surface area contributed by atoms with Crippen molar-refractivity contribution in [3.63, 3.8) is 0 Å². The summed E-state index contributed by atoms with van der Waals surface area (Å²) < 4.78 is 0. The molecule has 2 atom stereocenters. The van der Waals surface area contributed by atoms with Crippen molar-refractivity contribution in [2.75, 3.05) is 0 Å². The van der Waals surface area contributed by atoms with Gasteiger partial charge in [-0.05, 0) is 22.9 Å². The predicted molar refractivity (Wildman–Crippen MR) is 65.9 cm³/mol. The van der Waals surface area contributed by atoms with Gasteiger partial charge in [0.25, 0.3) is 0 Å². The Morgan fingerprint density at radius 2 is 2.06 bits per heavy atom. The van der Waals surface area contributed by atoms with E-state index >= 15 is 0 Å². The molecular weight excluding hydrogens is 214 g/mol. The first-order valence-corrected chi connectivity index (χ1v) is 5.82. The van der Waals surface area contributed by atoms with Crippen molar-refractivity contribution >= 4 is 16.9 Å². The van der Waals surface area contributed by atoms with Crippen LogP contribution >= 0.6 is 0 Å². The molecule has 1 aliphatic rings. The third kappa shape index (κ3) is 1.38. The Bertz CT molecular complexity index is 564. The molecule has 88 valence electrons. The number of carbonyl (C=O) groups is 1. The maximum atomic E-state index is 11.2. The number of aromatic nitrogens is 1. The molecule has 17 heavy (non-hydrogen) atoms. The highest BCUT2D eigenvalue weighted by Gasteiger charge is 2.63. The van der Waals surface area contributed by atoms with Gasteiger partial charge in [-0.25, -0.2) is 0 Å². The van der Waals surface area contributed by atoms with Gasteiger partial charge in [0.1, 0.15) is 0 Å². The predicted octanol–water partition coefficient (Wildman–Crippen LogP) is 2.99. The minimum Gasteiger partial charge on any atom is -0.481 e. The molecule has 1 aromatic carbocycles. The van der Waals surface area contributed by atoms with Crippen molar-refractivity contribution in [2.45, 2.75) is 19.8 Å². The lowest BCUT2D eigenvalue weighted by Gasteiger charge is -1.98. The van der Waals surface area contributed by atoms with Gasteiger partial charge in [0, 0.05) is 17.1 Å². The van der Waals surface area contributed by atoms with Gasteiger partial charge in [-0.15, -0.1) is 0 Å². The lowest BCUT2D eigenvalue weighted by molar-refractivity contribution is -0.139. The van der Waals surface area contributed by atoms with E-state index in [9.17, 15) is 9.90 Å². The maximum Gasteiger partial charge on any atom is 0.307 e. The number of nitrogens with one attached hydrogen (secondary N) is 1. The molecule has 2 N–H and O–H groups in total. The minimum absolute atomic E-state index is 0.104. The van der Waals surface area contributed by atoms with Gasteiger partial charge in [0.15, 0.2) is 0 Å². The molecule has 0 bridgehead atoms. The molecule has 0 unspecified atom stereocenters. The molecule has 2 aromatic rings. The van der Waals surface area contributed by atoms with Crippen molar-refractivity contribution in [3.8, 4) is 0 Å². The second-order valence-electron chi connectivity index (χ2n) is 5.43. The van der Waals surface area contributed by atoms with Gasteiger partial charge in [0.2, 0.25) is 0 Å². The highest BCUT2D eigenvalue weighted by atomic mass is 16.4. The number of para-hydroxylation sites is 1. The Morgan fingerprint density at radius 3 is 2.65 bits per heavy atom. The Labute approximate surface area is 99.5 Å². The van der Waals surface area contributed by atoms with E-state index in [-0.39, 0.29) is 17.3 Å². The molecule has 1 fully saturated rings. The summed E-state index contributed by atoms with van der Waals surface area (Å²) in [4.78, 5) is 14.5. The Kier molecular flexibility index (Phi) is 1.91. The molecule has 1 aromatic heterocycles. The zero-order valence-electron chi connectivity index (χ0n) is 9.90. The van der Waals surface area contributed by atoms with Gasteiger partial charge < -0.3 is 10.1 Å². The SMILES string of the molecule is CC1(C)[C@H](C(=O)O)[C@H]1c1cc2ccccc2[nH]1. The highest BCUT2D eigenvalue weighted by molar-refractivity contribution is 5.82. The van der Waals surface area contributed by atoms with Gasteiger partial charge in [-0.1, -0.05) is 32.0 Å². The largest absolute Gasteiger partial charge is 0.481 e. The van der Waals surface area contributed by atoms with Crippen molar-refractivity contribution in [3.05, 3.63) is 36.0 Å². The van der Waals surface area contributed by atoms with Crippen molar-refractivity contribution in [2.24, 2.45) is 11.3 Å². The van der Waals surface area contributed by atoms with Crippen LogP contribution in [-0.4, -0.2) is 16.1 Å². The molecule has 3 rings (SSSR count). The number of hydrogen-bond donors (Lipinski definition) is 2. The van der Waals surface area contributed by atoms with E-state index in [0.717, 1.165) is 16.6 Å². The standard InChI is InChI=1S/C14H15NO2/c1-14(2)11(12(14)13(16)17)10-7-8-5-3-4-6-9(8)15-10/h3-7,11-12,15H,1-2H3,(H,16,17)/t11-,12+/m1/s1. The van der Waals surface area contributed by atoms with Crippen LogP contribution in [0.25, 0.3) is 10.9 Å². The van der Waals surface area contributed by atoms with Crippen LogP contribution in [0.1, 0.15) is 25.5 Å². The van der Waals surface area contributed by atoms with Gasteiger partial charge >= 0.3 is 5.97 Å². The third-order valence-corrected chi connectivity index (χ3v) is 3.98. The van der Waals surface area contributed by atoms with E-state index < -0.39 is 5.97 Å². The van der Waals surface area contributed by atoms with Crippen molar-refractivity contribution in [1.29, 1.82) is 0 Å². The van der Waals surface area contributed by atoms with E-state index in [4.69, 9.17) is 0 Å². The molecule has 0 aliphatic heterocycles. The molecule has 0 spiro atoms. The van der Waals surface area contributed by atoms with Crippen LogP contribution in [0.3, 0.4) is 0 Å². The summed E-state index contributed by atoms with van der Waals surface area (Å²) in [5.74, 6) is -0.860. The number of carboxylic acids is 1. The fourth-order valence-corrected chi connectivity index (χ4v) is 2.94. The smallest absolute Gasteiger partial charge is 0.307 e. The second-order valence-corrected chi connectivity index (χ2v) is 5.43. The number of hydrogen-bond acceptors (Lipinski definition) is 1. The lowest BCUT2D eigenvalue weighted by atomic mass is 10.1. The fourth-order valence-electron chi connectivity index (χ4n) is 2.94.